The van der Waals surface area contributed by atoms with Gasteiger partial charge >= 0.3 is 29.5 Å². The largest absolute Gasteiger partial charge is 0.484 e. The summed E-state index contributed by atoms with van der Waals surface area (Å²) < 4.78 is 51.7. The van der Waals surface area contributed by atoms with E-state index in [1.54, 1.807) is 12.1 Å². The lowest BCUT2D eigenvalue weighted by atomic mass is 9.98. The Kier molecular flexibility index (Phi) is 16.8. The van der Waals surface area contributed by atoms with Crippen LogP contribution in [0, 0.1) is 0 Å². The summed E-state index contributed by atoms with van der Waals surface area (Å²) in [7, 11) is 0. The summed E-state index contributed by atoms with van der Waals surface area (Å²) in [5, 5.41) is 0.423. The molecule has 0 amide bonds. The van der Waals surface area contributed by atoms with Gasteiger partial charge in [0.05, 0.1) is 12.0 Å². The van der Waals surface area contributed by atoms with Crippen LogP contribution in [0.15, 0.2) is 57.7 Å². The predicted octanol–water partition coefficient (Wildman–Crippen LogP) is 6.74. The van der Waals surface area contributed by atoms with Gasteiger partial charge in [0.25, 0.3) is 0 Å². The number of carbonyl (C=O) groups excluding carboxylic acids is 4. The van der Waals surface area contributed by atoms with Gasteiger partial charge in [-0.1, -0.05) is 88.6 Å². The molecule has 4 rings (SSSR count). The Morgan fingerprint density at radius 1 is 0.673 bits per heavy atom. The maximum atomic E-state index is 13.4. The monoisotopic (exact) mass is 768 g/mol. The van der Waals surface area contributed by atoms with Gasteiger partial charge in [-0.3, -0.25) is 19.2 Å². The van der Waals surface area contributed by atoms with Crippen molar-refractivity contribution in [1.29, 1.82) is 0 Å². The zero-order valence-corrected chi connectivity index (χ0v) is 32.2. The standard InChI is InChI=1S/C41H52O14/c1-6-7-8-9-10-11-12-13-17-22-47-38-35(49-24-30-18-15-14-16-19-30)32-21-20-31(23-33(32)54-40(38)46)53-41-39(52-29(5)45)37(51-28(4)44)36(50-27(3)43)34(55-41)25-48-26(2)42/h14-16,18-21,23,34,36-37,39,41H,6-13,17,22,24-25H2,1-5H3/t34-,36-,37+,39+,41+/m1/s1. The molecular formula is C41H52O14. The molecule has 5 atom stereocenters. The maximum absolute atomic E-state index is 13.4. The molecule has 1 aromatic heterocycles. The quantitative estimate of drug-likeness (QED) is 0.0482. The average molecular weight is 769 g/mol. The highest BCUT2D eigenvalue weighted by atomic mass is 16.7. The number of carbonyl (C=O) groups is 4. The van der Waals surface area contributed by atoms with Crippen molar-refractivity contribution in [2.45, 2.75) is 130 Å². The third-order valence-electron chi connectivity index (χ3n) is 8.71. The van der Waals surface area contributed by atoms with Crippen LogP contribution in [0.1, 0.15) is 98.0 Å². The number of hydrogen-bond acceptors (Lipinski definition) is 14. The van der Waals surface area contributed by atoms with E-state index in [9.17, 15) is 24.0 Å². The molecule has 300 valence electrons. The Morgan fingerprint density at radius 2 is 1.29 bits per heavy atom. The molecule has 0 unspecified atom stereocenters. The number of unbranched alkanes of at least 4 members (excludes halogenated alkanes) is 8. The van der Waals surface area contributed by atoms with Crippen LogP contribution in [-0.2, 0) is 49.5 Å². The highest BCUT2D eigenvalue weighted by Crippen LogP contribution is 2.37. The molecule has 0 spiro atoms. The molecule has 0 N–H and O–H groups in total. The average Bonchev–Trinajstić information content (AvgIpc) is 3.13. The van der Waals surface area contributed by atoms with Gasteiger partial charge in [-0.25, -0.2) is 4.79 Å². The number of benzene rings is 2. The van der Waals surface area contributed by atoms with Gasteiger partial charge in [-0.2, -0.15) is 0 Å². The van der Waals surface area contributed by atoms with Crippen LogP contribution in [0.4, 0.5) is 0 Å². The lowest BCUT2D eigenvalue weighted by molar-refractivity contribution is -0.288. The number of esters is 4. The lowest BCUT2D eigenvalue weighted by Gasteiger charge is -2.43. The molecule has 14 heteroatoms. The zero-order chi connectivity index (χ0) is 39.7. The summed E-state index contributed by atoms with van der Waals surface area (Å²) >= 11 is 0. The molecule has 1 fully saturated rings. The molecule has 0 aliphatic carbocycles. The first-order valence-electron chi connectivity index (χ1n) is 18.8. The first-order chi connectivity index (χ1) is 26.5. The van der Waals surface area contributed by atoms with E-state index in [-0.39, 0.29) is 29.4 Å². The van der Waals surface area contributed by atoms with Crippen molar-refractivity contribution in [2.24, 2.45) is 0 Å². The van der Waals surface area contributed by atoms with Crippen molar-refractivity contribution in [3.05, 3.63) is 64.5 Å². The van der Waals surface area contributed by atoms with E-state index < -0.39 is 66.8 Å². The number of hydrogen-bond donors (Lipinski definition) is 0. The Balaban J connectivity index is 1.61. The first kappa shape index (κ1) is 42.6. The third-order valence-corrected chi connectivity index (χ3v) is 8.71. The summed E-state index contributed by atoms with van der Waals surface area (Å²) in [6, 6.07) is 14.0. The van der Waals surface area contributed by atoms with Gasteiger partial charge in [-0.15, -0.1) is 0 Å². The number of fused-ring (bicyclic) bond motifs is 1. The normalized spacial score (nSPS) is 19.3. The van der Waals surface area contributed by atoms with E-state index in [2.05, 4.69) is 6.92 Å². The van der Waals surface area contributed by atoms with E-state index in [1.165, 1.54) is 45.1 Å². The van der Waals surface area contributed by atoms with Gasteiger partial charge < -0.3 is 42.3 Å². The molecule has 2 heterocycles. The Bertz CT molecular complexity index is 1770. The maximum Gasteiger partial charge on any atom is 0.383 e. The van der Waals surface area contributed by atoms with E-state index in [0.29, 0.717) is 12.0 Å². The van der Waals surface area contributed by atoms with E-state index in [1.807, 2.05) is 30.3 Å². The van der Waals surface area contributed by atoms with Crippen molar-refractivity contribution in [1.82, 2.24) is 0 Å². The summed E-state index contributed by atoms with van der Waals surface area (Å²) in [4.78, 5) is 61.7. The van der Waals surface area contributed by atoms with Crippen molar-refractivity contribution < 1.29 is 61.5 Å². The minimum Gasteiger partial charge on any atom is -0.484 e. The number of ether oxygens (including phenoxy) is 8. The smallest absolute Gasteiger partial charge is 0.383 e. The van der Waals surface area contributed by atoms with Crippen molar-refractivity contribution in [3.8, 4) is 17.2 Å². The molecule has 14 nitrogen and oxygen atoms in total. The molecule has 1 aliphatic rings. The van der Waals surface area contributed by atoms with Gasteiger partial charge in [0.1, 0.15) is 30.7 Å². The molecular weight excluding hydrogens is 716 g/mol. The minimum absolute atomic E-state index is 0.0451. The second kappa shape index (κ2) is 21.7. The molecule has 1 aliphatic heterocycles. The molecule has 0 saturated carbocycles. The Labute approximate surface area is 320 Å². The highest BCUT2D eigenvalue weighted by molar-refractivity contribution is 5.86. The SMILES string of the molecule is CCCCCCCCCCCOc1c(OCc2ccccc2)c2ccc(O[C@H]3O[C@H](COC(C)=O)[C@@H](OC(C)=O)[C@H](OC(C)=O)[C@@H]3OC(C)=O)cc2oc1=O. The Hall–Kier alpha value is -5.11. The first-order valence-corrected chi connectivity index (χ1v) is 18.8. The van der Waals surface area contributed by atoms with Crippen LogP contribution >= 0.6 is 0 Å². The third kappa shape index (κ3) is 13.3. The molecule has 55 heavy (non-hydrogen) atoms. The van der Waals surface area contributed by atoms with Crippen molar-refractivity contribution >= 4 is 34.8 Å². The second-order valence-corrected chi connectivity index (χ2v) is 13.3. The molecule has 2 aromatic carbocycles. The Morgan fingerprint density at radius 3 is 1.93 bits per heavy atom. The van der Waals surface area contributed by atoms with Gasteiger partial charge in [0.15, 0.2) is 18.0 Å². The zero-order valence-electron chi connectivity index (χ0n) is 32.2. The molecule has 0 radical (unpaired) electrons. The van der Waals surface area contributed by atoms with Crippen LogP contribution in [0.5, 0.6) is 17.2 Å². The van der Waals surface area contributed by atoms with E-state index in [4.69, 9.17) is 42.3 Å². The fourth-order valence-corrected chi connectivity index (χ4v) is 6.21. The molecule has 0 bridgehead atoms. The second-order valence-electron chi connectivity index (χ2n) is 13.3. The van der Waals surface area contributed by atoms with Gasteiger partial charge in [0.2, 0.25) is 18.1 Å². The van der Waals surface area contributed by atoms with Crippen molar-refractivity contribution in [2.75, 3.05) is 13.2 Å². The van der Waals surface area contributed by atoms with Gasteiger partial charge in [0, 0.05) is 33.8 Å². The predicted molar refractivity (Wildman–Crippen MR) is 199 cm³/mol. The van der Waals surface area contributed by atoms with Gasteiger partial charge in [-0.05, 0) is 24.1 Å². The van der Waals surface area contributed by atoms with Crippen molar-refractivity contribution in [3.63, 3.8) is 0 Å². The summed E-state index contributed by atoms with van der Waals surface area (Å²) in [5.41, 5.74) is 0.208. The minimum atomic E-state index is -1.49. The molecule has 1 saturated heterocycles. The summed E-state index contributed by atoms with van der Waals surface area (Å²) in [5.74, 6) is -2.72. The van der Waals surface area contributed by atoms with E-state index in [0.717, 1.165) is 52.0 Å². The van der Waals surface area contributed by atoms with Crippen LogP contribution in [-0.4, -0.2) is 67.8 Å². The van der Waals surface area contributed by atoms with Crippen LogP contribution in [0.3, 0.4) is 0 Å². The summed E-state index contributed by atoms with van der Waals surface area (Å²) in [6.45, 7) is 6.80. The number of rotatable bonds is 21. The van der Waals surface area contributed by atoms with Crippen LogP contribution in [0.25, 0.3) is 11.0 Å². The topological polar surface area (TPSA) is 172 Å². The lowest BCUT2D eigenvalue weighted by Crippen LogP contribution is -2.63. The summed E-state index contributed by atoms with van der Waals surface area (Å²) in [6.07, 6.45) is 3.27. The van der Waals surface area contributed by atoms with Crippen LogP contribution in [0.2, 0.25) is 0 Å². The molecule has 3 aromatic rings. The highest BCUT2D eigenvalue weighted by Gasteiger charge is 2.53. The van der Waals surface area contributed by atoms with E-state index >= 15 is 0 Å². The fourth-order valence-electron chi connectivity index (χ4n) is 6.21. The fraction of sp³-hybridized carbons (Fsp3) is 0.537. The van der Waals surface area contributed by atoms with Crippen LogP contribution < -0.4 is 19.8 Å².